The summed E-state index contributed by atoms with van der Waals surface area (Å²) >= 11 is 1.72. The van der Waals surface area contributed by atoms with Crippen LogP contribution in [0.4, 0.5) is 8.78 Å². The zero-order chi connectivity index (χ0) is 23.5. The Balaban J connectivity index is 1.69. The summed E-state index contributed by atoms with van der Waals surface area (Å²) in [6.07, 6.45) is 6.61. The number of allylic oxidation sites excluding steroid dienone is 1. The fourth-order valence-electron chi connectivity index (χ4n) is 4.91. The van der Waals surface area contributed by atoms with Crippen LogP contribution < -0.4 is 10.5 Å². The number of nitrogens with one attached hydrogen (secondary N) is 1. The summed E-state index contributed by atoms with van der Waals surface area (Å²) in [5, 5.41) is 0.385. The van der Waals surface area contributed by atoms with E-state index in [1.165, 1.54) is 22.3 Å². The van der Waals surface area contributed by atoms with Gasteiger partial charge in [0.2, 0.25) is 5.92 Å². The van der Waals surface area contributed by atoms with E-state index in [-0.39, 0.29) is 24.9 Å². The summed E-state index contributed by atoms with van der Waals surface area (Å²) in [4.78, 5) is 4.70. The molecule has 32 heavy (non-hydrogen) atoms. The van der Waals surface area contributed by atoms with E-state index in [2.05, 4.69) is 57.5 Å². The maximum absolute atomic E-state index is 13.4. The van der Waals surface area contributed by atoms with Crippen molar-refractivity contribution in [2.75, 3.05) is 0 Å². The number of aliphatic imine (C=N–C) groups is 1. The first-order valence-electron chi connectivity index (χ1n) is 12.0. The molecule has 3 N–H and O–H groups in total. The quantitative estimate of drug-likeness (QED) is 0.202. The van der Waals surface area contributed by atoms with Crippen LogP contribution in [0.3, 0.4) is 0 Å². The largest absolute Gasteiger partial charge is 0.383 e. The molecular formula is C26H39F2N3S. The predicted octanol–water partition coefficient (Wildman–Crippen LogP) is 6.82. The van der Waals surface area contributed by atoms with E-state index in [9.17, 15) is 8.78 Å². The molecule has 2 aliphatic carbocycles. The molecule has 0 aliphatic heterocycles. The molecule has 178 valence electrons. The molecule has 3 atom stereocenters. The number of halogens is 2. The lowest BCUT2D eigenvalue weighted by Crippen LogP contribution is -2.35. The van der Waals surface area contributed by atoms with Crippen LogP contribution in [0.5, 0.6) is 0 Å². The summed E-state index contributed by atoms with van der Waals surface area (Å²) < 4.78 is 30.2. The molecule has 1 fully saturated rings. The number of benzene rings is 1. The minimum atomic E-state index is -2.47. The van der Waals surface area contributed by atoms with Crippen molar-refractivity contribution < 1.29 is 8.78 Å². The zero-order valence-corrected chi connectivity index (χ0v) is 21.0. The monoisotopic (exact) mass is 463 g/mol. The van der Waals surface area contributed by atoms with Crippen LogP contribution in [0, 0.1) is 13.8 Å². The van der Waals surface area contributed by atoms with Gasteiger partial charge in [0.25, 0.3) is 0 Å². The van der Waals surface area contributed by atoms with E-state index in [4.69, 9.17) is 10.7 Å². The Labute approximate surface area is 196 Å². The van der Waals surface area contributed by atoms with Crippen molar-refractivity contribution in [1.29, 1.82) is 0 Å². The van der Waals surface area contributed by atoms with Crippen LogP contribution in [0.25, 0.3) is 0 Å². The summed E-state index contributed by atoms with van der Waals surface area (Å²) in [6, 6.07) is 4.83. The minimum Gasteiger partial charge on any atom is -0.383 e. The maximum Gasteiger partial charge on any atom is 0.248 e. The molecule has 1 aromatic rings. The minimum absolute atomic E-state index is 0.00529. The standard InChI is InChI=1S/C26H39F2N3S/c1-6-18(4)30-25(29)24-16(2)7-9-23(19(24)5)22-10-8-21(15-17(22)3)32-31-20-11-13-26(27,28)14-12-20/h7,9,15,18,20-22,31H,6,8,10-14H2,1-5H3,(H2,29,30). The van der Waals surface area contributed by atoms with Gasteiger partial charge in [-0.1, -0.05) is 42.7 Å². The predicted molar refractivity (Wildman–Crippen MR) is 134 cm³/mol. The average molecular weight is 464 g/mol. The van der Waals surface area contributed by atoms with Gasteiger partial charge in [0, 0.05) is 41.7 Å². The Morgan fingerprint density at radius 1 is 1.19 bits per heavy atom. The zero-order valence-electron chi connectivity index (χ0n) is 20.2. The summed E-state index contributed by atoms with van der Waals surface area (Å²) in [7, 11) is 0. The highest BCUT2D eigenvalue weighted by molar-refractivity contribution is 7.98. The number of amidine groups is 1. The van der Waals surface area contributed by atoms with Crippen molar-refractivity contribution in [3.8, 4) is 0 Å². The number of hydrogen-bond donors (Lipinski definition) is 2. The molecule has 0 saturated heterocycles. The number of aryl methyl sites for hydroxylation is 1. The number of nitrogens with two attached hydrogens (primary N) is 1. The number of hydrogen-bond acceptors (Lipinski definition) is 3. The Bertz CT molecular complexity index is 855. The first-order valence-corrected chi connectivity index (χ1v) is 12.9. The number of nitrogens with zero attached hydrogens (tertiary/aromatic N) is 1. The third-order valence-electron chi connectivity index (χ3n) is 7.14. The van der Waals surface area contributed by atoms with Gasteiger partial charge in [-0.15, -0.1) is 0 Å². The van der Waals surface area contributed by atoms with Crippen molar-refractivity contribution >= 4 is 17.8 Å². The lowest BCUT2D eigenvalue weighted by Gasteiger charge is -2.32. The lowest BCUT2D eigenvalue weighted by atomic mass is 9.79. The fourth-order valence-corrected chi connectivity index (χ4v) is 6.05. The molecule has 3 unspecified atom stereocenters. The Morgan fingerprint density at radius 3 is 2.50 bits per heavy atom. The maximum atomic E-state index is 13.4. The highest BCUT2D eigenvalue weighted by Gasteiger charge is 2.35. The SMILES string of the molecule is CCC(C)N=C(N)c1c(C)ccc(C2CCC(SNC3CCC(F)(F)CC3)C=C2C)c1C. The van der Waals surface area contributed by atoms with Crippen LogP contribution in [-0.4, -0.2) is 29.1 Å². The molecule has 3 nitrogen and oxygen atoms in total. The van der Waals surface area contributed by atoms with E-state index in [0.29, 0.717) is 29.8 Å². The lowest BCUT2D eigenvalue weighted by molar-refractivity contribution is -0.0385. The van der Waals surface area contributed by atoms with Crippen LogP contribution >= 0.6 is 11.9 Å². The molecule has 0 aromatic heterocycles. The summed E-state index contributed by atoms with van der Waals surface area (Å²) in [5.74, 6) is -1.44. The van der Waals surface area contributed by atoms with Gasteiger partial charge in [0.1, 0.15) is 5.84 Å². The third-order valence-corrected chi connectivity index (χ3v) is 8.28. The highest BCUT2D eigenvalue weighted by atomic mass is 32.2. The second kappa shape index (κ2) is 10.7. The van der Waals surface area contributed by atoms with Crippen molar-refractivity contribution in [2.24, 2.45) is 10.7 Å². The van der Waals surface area contributed by atoms with Crippen LogP contribution in [-0.2, 0) is 0 Å². The van der Waals surface area contributed by atoms with Gasteiger partial charge in [-0.25, -0.2) is 8.78 Å². The van der Waals surface area contributed by atoms with Gasteiger partial charge in [0.15, 0.2) is 0 Å². The first-order chi connectivity index (χ1) is 15.1. The highest BCUT2D eigenvalue weighted by Crippen LogP contribution is 2.40. The normalized spacial score (nSPS) is 25.5. The van der Waals surface area contributed by atoms with Crippen LogP contribution in [0.15, 0.2) is 28.8 Å². The molecule has 0 heterocycles. The van der Waals surface area contributed by atoms with Crippen LogP contribution in [0.2, 0.25) is 0 Å². The van der Waals surface area contributed by atoms with Crippen LogP contribution in [0.1, 0.15) is 93.9 Å². The molecule has 0 bridgehead atoms. The Morgan fingerprint density at radius 2 is 1.88 bits per heavy atom. The molecule has 3 rings (SSSR count). The van der Waals surface area contributed by atoms with Crippen molar-refractivity contribution in [2.45, 2.75) is 109 Å². The van der Waals surface area contributed by atoms with Gasteiger partial charge in [0.05, 0.1) is 0 Å². The molecule has 0 spiro atoms. The molecule has 0 radical (unpaired) electrons. The summed E-state index contributed by atoms with van der Waals surface area (Å²) in [5.41, 5.74) is 12.6. The van der Waals surface area contributed by atoms with Gasteiger partial charge < -0.3 is 5.73 Å². The molecule has 6 heteroatoms. The molecular weight excluding hydrogens is 424 g/mol. The van der Waals surface area contributed by atoms with E-state index in [1.54, 1.807) is 11.9 Å². The van der Waals surface area contributed by atoms with E-state index >= 15 is 0 Å². The first kappa shape index (κ1) is 25.2. The fraction of sp³-hybridized carbons (Fsp3) is 0.654. The molecule has 2 aliphatic rings. The van der Waals surface area contributed by atoms with Gasteiger partial charge in [-0.05, 0) is 76.5 Å². The van der Waals surface area contributed by atoms with Crippen molar-refractivity contribution in [3.63, 3.8) is 0 Å². The van der Waals surface area contributed by atoms with E-state index in [1.807, 2.05) is 0 Å². The summed E-state index contributed by atoms with van der Waals surface area (Å²) in [6.45, 7) is 10.7. The number of alkyl halides is 2. The topological polar surface area (TPSA) is 50.4 Å². The number of rotatable bonds is 7. The smallest absolute Gasteiger partial charge is 0.248 e. The molecule has 1 aromatic carbocycles. The van der Waals surface area contributed by atoms with Gasteiger partial charge in [-0.3, -0.25) is 9.71 Å². The van der Waals surface area contributed by atoms with Crippen molar-refractivity contribution in [3.05, 3.63) is 46.0 Å². The second-order valence-corrected chi connectivity index (χ2v) is 10.8. The van der Waals surface area contributed by atoms with E-state index in [0.717, 1.165) is 24.8 Å². The molecule has 0 amide bonds. The average Bonchev–Trinajstić information content (AvgIpc) is 2.73. The van der Waals surface area contributed by atoms with E-state index < -0.39 is 5.92 Å². The molecule has 1 saturated carbocycles. The second-order valence-electron chi connectivity index (χ2n) is 9.69. The van der Waals surface area contributed by atoms with Gasteiger partial charge >= 0.3 is 0 Å². The van der Waals surface area contributed by atoms with Crippen molar-refractivity contribution in [1.82, 2.24) is 4.72 Å². The Hall–Kier alpha value is -1.40. The Kier molecular flexibility index (Phi) is 8.42. The third kappa shape index (κ3) is 6.13. The van der Waals surface area contributed by atoms with Gasteiger partial charge in [-0.2, -0.15) is 0 Å².